The molecule has 0 spiro atoms. The van der Waals surface area contributed by atoms with Crippen LogP contribution in [0.5, 0.6) is 0 Å². The molecule has 5 nitrogen and oxygen atoms in total. The minimum Gasteiger partial charge on any atom is -0.352 e. The summed E-state index contributed by atoms with van der Waals surface area (Å²) < 4.78 is 0. The van der Waals surface area contributed by atoms with Crippen molar-refractivity contribution in [3.63, 3.8) is 0 Å². The Morgan fingerprint density at radius 3 is 2.31 bits per heavy atom. The number of halogens is 2. The van der Waals surface area contributed by atoms with Gasteiger partial charge in [0.1, 0.15) is 0 Å². The van der Waals surface area contributed by atoms with E-state index in [4.69, 9.17) is 35.4 Å². The Morgan fingerprint density at radius 1 is 0.906 bits per heavy atom. The molecule has 8 heteroatoms. The molecule has 0 bridgehead atoms. The summed E-state index contributed by atoms with van der Waals surface area (Å²) in [4.78, 5) is 27.0. The zero-order valence-electron chi connectivity index (χ0n) is 17.3. The first kappa shape index (κ1) is 23.7. The van der Waals surface area contributed by atoms with Gasteiger partial charge in [-0.3, -0.25) is 14.9 Å². The van der Waals surface area contributed by atoms with E-state index in [0.29, 0.717) is 22.8 Å². The van der Waals surface area contributed by atoms with E-state index in [0.717, 1.165) is 12.0 Å². The van der Waals surface area contributed by atoms with Gasteiger partial charge in [-0.1, -0.05) is 65.7 Å². The van der Waals surface area contributed by atoms with Crippen molar-refractivity contribution in [2.24, 2.45) is 0 Å². The SMILES string of the molecule is CN(C(=S)NC(=O)c1ccc(Cl)cc1Cl)c1ccccc1C(=O)NCCc1ccccc1. The molecule has 164 valence electrons. The first-order valence-corrected chi connectivity index (χ1v) is 11.0. The van der Waals surface area contributed by atoms with E-state index >= 15 is 0 Å². The zero-order valence-corrected chi connectivity index (χ0v) is 19.6. The molecule has 0 aromatic heterocycles. The lowest BCUT2D eigenvalue weighted by atomic mass is 10.1. The van der Waals surface area contributed by atoms with Crippen LogP contribution in [0, 0.1) is 0 Å². The van der Waals surface area contributed by atoms with Crippen molar-refractivity contribution in [2.75, 3.05) is 18.5 Å². The number of hydrogen-bond donors (Lipinski definition) is 2. The summed E-state index contributed by atoms with van der Waals surface area (Å²) in [5.74, 6) is -0.688. The summed E-state index contributed by atoms with van der Waals surface area (Å²) in [7, 11) is 1.68. The lowest BCUT2D eigenvalue weighted by Gasteiger charge is -2.23. The second-order valence-corrected chi connectivity index (χ2v) is 8.18. The number of carbonyl (C=O) groups excluding carboxylic acids is 2. The van der Waals surface area contributed by atoms with Gasteiger partial charge in [0.25, 0.3) is 11.8 Å². The number of hydrogen-bond acceptors (Lipinski definition) is 3. The Morgan fingerprint density at radius 2 is 1.59 bits per heavy atom. The second-order valence-electron chi connectivity index (χ2n) is 6.95. The Kier molecular flexibility index (Phi) is 8.22. The molecular formula is C24H21Cl2N3O2S. The third kappa shape index (κ3) is 6.07. The highest BCUT2D eigenvalue weighted by Gasteiger charge is 2.19. The third-order valence-corrected chi connectivity index (χ3v) is 5.68. The van der Waals surface area contributed by atoms with E-state index in [9.17, 15) is 9.59 Å². The maximum atomic E-state index is 12.8. The normalized spacial score (nSPS) is 10.3. The average Bonchev–Trinajstić information content (AvgIpc) is 2.79. The van der Waals surface area contributed by atoms with Crippen molar-refractivity contribution in [1.82, 2.24) is 10.6 Å². The molecule has 0 aliphatic carbocycles. The molecule has 0 saturated carbocycles. The fourth-order valence-electron chi connectivity index (χ4n) is 3.05. The van der Waals surface area contributed by atoms with Crippen LogP contribution < -0.4 is 15.5 Å². The number of nitrogens with zero attached hydrogens (tertiary/aromatic N) is 1. The molecule has 0 aliphatic heterocycles. The van der Waals surface area contributed by atoms with Crippen molar-refractivity contribution >= 4 is 58.0 Å². The summed E-state index contributed by atoms with van der Waals surface area (Å²) in [6.45, 7) is 0.497. The molecule has 0 unspecified atom stereocenters. The van der Waals surface area contributed by atoms with Gasteiger partial charge in [-0.2, -0.15) is 0 Å². The molecule has 3 aromatic rings. The highest BCUT2D eigenvalue weighted by atomic mass is 35.5. The number of nitrogens with one attached hydrogen (secondary N) is 2. The summed E-state index contributed by atoms with van der Waals surface area (Å²) in [6, 6.07) is 21.6. The highest BCUT2D eigenvalue weighted by Crippen LogP contribution is 2.22. The Balaban J connectivity index is 1.67. The largest absolute Gasteiger partial charge is 0.352 e. The molecular weight excluding hydrogens is 465 g/mol. The molecule has 0 aliphatic rings. The number of thiocarbonyl (C=S) groups is 1. The molecule has 3 rings (SSSR count). The Labute approximate surface area is 202 Å². The minimum atomic E-state index is -0.465. The summed E-state index contributed by atoms with van der Waals surface area (Å²) in [6.07, 6.45) is 0.723. The predicted octanol–water partition coefficient (Wildman–Crippen LogP) is 5.12. The standard InChI is InChI=1S/C24H21Cl2N3O2S/c1-29(24(32)28-23(31)18-12-11-17(25)15-20(18)26)21-10-6-5-9-19(21)22(30)27-14-13-16-7-3-2-4-8-16/h2-12,15H,13-14H2,1H3,(H,27,30)(H,28,31,32). The fraction of sp³-hybridized carbons (Fsp3) is 0.125. The topological polar surface area (TPSA) is 61.4 Å². The summed E-state index contributed by atoms with van der Waals surface area (Å²) in [5.41, 5.74) is 2.41. The van der Waals surface area contributed by atoms with Crippen molar-refractivity contribution < 1.29 is 9.59 Å². The van der Waals surface area contributed by atoms with Gasteiger partial charge >= 0.3 is 0 Å². The fourth-order valence-corrected chi connectivity index (χ4v) is 3.74. The van der Waals surface area contributed by atoms with Crippen LogP contribution in [0.15, 0.2) is 72.8 Å². The molecule has 3 aromatic carbocycles. The molecule has 0 heterocycles. The van der Waals surface area contributed by atoms with Crippen LogP contribution in [0.25, 0.3) is 0 Å². The molecule has 0 radical (unpaired) electrons. The van der Waals surface area contributed by atoms with Crippen LogP contribution in [0.1, 0.15) is 26.3 Å². The monoisotopic (exact) mass is 485 g/mol. The summed E-state index contributed by atoms with van der Waals surface area (Å²) in [5, 5.41) is 6.36. The van der Waals surface area contributed by atoms with E-state index < -0.39 is 5.91 Å². The average molecular weight is 486 g/mol. The molecule has 2 N–H and O–H groups in total. The quantitative estimate of drug-likeness (QED) is 0.475. The number of para-hydroxylation sites is 1. The van der Waals surface area contributed by atoms with Gasteiger partial charge < -0.3 is 10.2 Å². The van der Waals surface area contributed by atoms with Crippen LogP contribution >= 0.6 is 35.4 Å². The number of rotatable bonds is 6. The van der Waals surface area contributed by atoms with Crippen LogP contribution in [-0.4, -0.2) is 30.5 Å². The smallest absolute Gasteiger partial charge is 0.258 e. The number of amides is 2. The minimum absolute atomic E-state index is 0.130. The van der Waals surface area contributed by atoms with E-state index in [2.05, 4.69) is 10.6 Å². The van der Waals surface area contributed by atoms with Crippen molar-refractivity contribution in [1.29, 1.82) is 0 Å². The lowest BCUT2D eigenvalue weighted by molar-refractivity contribution is 0.0952. The van der Waals surface area contributed by atoms with Gasteiger partial charge in [0, 0.05) is 18.6 Å². The van der Waals surface area contributed by atoms with Gasteiger partial charge in [-0.05, 0) is 54.5 Å². The van der Waals surface area contributed by atoms with Crippen molar-refractivity contribution in [3.8, 4) is 0 Å². The number of anilines is 1. The maximum Gasteiger partial charge on any atom is 0.258 e. The second kappa shape index (κ2) is 11.1. The van der Waals surface area contributed by atoms with Crippen LogP contribution in [0.2, 0.25) is 10.0 Å². The number of benzene rings is 3. The Hall–Kier alpha value is -2.93. The molecule has 2 amide bonds. The first-order chi connectivity index (χ1) is 15.4. The van der Waals surface area contributed by atoms with Crippen LogP contribution in [0.4, 0.5) is 5.69 Å². The van der Waals surface area contributed by atoms with Crippen LogP contribution in [0.3, 0.4) is 0 Å². The summed E-state index contributed by atoms with van der Waals surface area (Å²) >= 11 is 17.4. The van der Waals surface area contributed by atoms with E-state index in [1.807, 2.05) is 30.3 Å². The Bertz CT molecular complexity index is 1140. The highest BCUT2D eigenvalue weighted by molar-refractivity contribution is 7.80. The molecule has 32 heavy (non-hydrogen) atoms. The van der Waals surface area contributed by atoms with E-state index in [-0.39, 0.29) is 21.6 Å². The lowest BCUT2D eigenvalue weighted by Crippen LogP contribution is -2.41. The number of carbonyl (C=O) groups is 2. The van der Waals surface area contributed by atoms with Crippen molar-refractivity contribution in [3.05, 3.63) is 99.5 Å². The van der Waals surface area contributed by atoms with Gasteiger partial charge in [0.2, 0.25) is 0 Å². The third-order valence-electron chi connectivity index (χ3n) is 4.75. The first-order valence-electron chi connectivity index (χ1n) is 9.82. The molecule has 0 fully saturated rings. The van der Waals surface area contributed by atoms with Gasteiger partial charge in [0.05, 0.1) is 21.8 Å². The van der Waals surface area contributed by atoms with Gasteiger partial charge in [-0.15, -0.1) is 0 Å². The van der Waals surface area contributed by atoms with Crippen molar-refractivity contribution in [2.45, 2.75) is 6.42 Å². The molecule has 0 atom stereocenters. The van der Waals surface area contributed by atoms with Gasteiger partial charge in [0.15, 0.2) is 5.11 Å². The zero-order chi connectivity index (χ0) is 23.1. The predicted molar refractivity (Wildman–Crippen MR) is 134 cm³/mol. The van der Waals surface area contributed by atoms with E-state index in [1.165, 1.54) is 12.1 Å². The van der Waals surface area contributed by atoms with E-state index in [1.54, 1.807) is 42.3 Å². The van der Waals surface area contributed by atoms with Gasteiger partial charge in [-0.25, -0.2) is 0 Å². The van der Waals surface area contributed by atoms with Crippen LogP contribution in [-0.2, 0) is 6.42 Å². The molecule has 0 saturated heterocycles. The maximum absolute atomic E-state index is 12.8.